The van der Waals surface area contributed by atoms with Gasteiger partial charge in [-0.3, -0.25) is 0 Å². The average Bonchev–Trinajstić information content (AvgIpc) is 3.22. The van der Waals surface area contributed by atoms with Crippen molar-refractivity contribution in [1.29, 1.82) is 0 Å². The van der Waals surface area contributed by atoms with Crippen molar-refractivity contribution in [3.05, 3.63) is 136 Å². The molecule has 8 rings (SSSR count). The molecule has 0 saturated carbocycles. The number of rotatable bonds is 0. The molecule has 0 N–H and O–H groups in total. The van der Waals surface area contributed by atoms with Crippen LogP contribution in [0, 0.1) is 0 Å². The van der Waals surface area contributed by atoms with Crippen molar-refractivity contribution in [2.24, 2.45) is 0 Å². The first-order valence-electron chi connectivity index (χ1n) is 11.5. The van der Waals surface area contributed by atoms with Crippen LogP contribution in [0.3, 0.4) is 0 Å². The Hall–Kier alpha value is -3.27. The number of aromatic nitrogens is 1. The van der Waals surface area contributed by atoms with Gasteiger partial charge in [-0.15, -0.1) is 0 Å². The molecule has 3 heteroatoms. The maximum atomic E-state index is 3.74. The number of hydrogen-bond donors (Lipinski definition) is 0. The van der Waals surface area contributed by atoms with Crippen LogP contribution in [0.5, 0.6) is 0 Å². The summed E-state index contributed by atoms with van der Waals surface area (Å²) in [4.78, 5) is 2.63. The Bertz CT molecular complexity index is 1810. The first kappa shape index (κ1) is 19.1. The second kappa shape index (κ2) is 6.65. The Morgan fingerprint density at radius 3 is 2.24 bits per heavy atom. The number of halogens is 1. The van der Waals surface area contributed by atoms with E-state index < -0.39 is 0 Å². The Morgan fingerprint density at radius 2 is 1.29 bits per heavy atom. The molecule has 0 bridgehead atoms. The van der Waals surface area contributed by atoms with Crippen molar-refractivity contribution >= 4 is 49.5 Å². The normalized spacial score (nSPS) is 17.6. The van der Waals surface area contributed by atoms with E-state index in [4.69, 9.17) is 0 Å². The molecular formula is C31H18BrNS. The predicted octanol–water partition coefficient (Wildman–Crippen LogP) is 8.71. The van der Waals surface area contributed by atoms with Crippen LogP contribution in [-0.4, -0.2) is 4.57 Å². The van der Waals surface area contributed by atoms with Crippen molar-refractivity contribution in [1.82, 2.24) is 4.57 Å². The lowest BCUT2D eigenvalue weighted by Gasteiger charge is -2.45. The Labute approximate surface area is 210 Å². The van der Waals surface area contributed by atoms with E-state index in [0.29, 0.717) is 0 Å². The molecule has 0 aliphatic carbocycles. The fourth-order valence-corrected chi connectivity index (χ4v) is 8.05. The topological polar surface area (TPSA) is 4.93 Å². The summed E-state index contributed by atoms with van der Waals surface area (Å²) in [5.74, 6) is 0. The summed E-state index contributed by atoms with van der Waals surface area (Å²) in [6, 6.07) is 40.5. The van der Waals surface area contributed by atoms with Crippen molar-refractivity contribution < 1.29 is 0 Å². The second-order valence-electron chi connectivity index (χ2n) is 9.06. The van der Waals surface area contributed by atoms with Gasteiger partial charge >= 0.3 is 0 Å². The van der Waals surface area contributed by atoms with E-state index in [2.05, 4.69) is 130 Å². The van der Waals surface area contributed by atoms with Crippen LogP contribution in [0.4, 0.5) is 0 Å². The van der Waals surface area contributed by atoms with E-state index in [0.717, 1.165) is 4.47 Å². The first-order valence-corrected chi connectivity index (χ1v) is 13.1. The van der Waals surface area contributed by atoms with Crippen molar-refractivity contribution in [3.8, 4) is 5.69 Å². The summed E-state index contributed by atoms with van der Waals surface area (Å²) in [6.07, 6.45) is 0. The van der Waals surface area contributed by atoms with Gasteiger partial charge < -0.3 is 4.57 Å². The molecule has 0 radical (unpaired) electrons. The van der Waals surface area contributed by atoms with Gasteiger partial charge in [0, 0.05) is 25.0 Å². The summed E-state index contributed by atoms with van der Waals surface area (Å²) in [7, 11) is 0. The van der Waals surface area contributed by atoms with Crippen LogP contribution >= 0.6 is 27.7 Å². The third-order valence-corrected chi connectivity index (χ3v) is 9.13. The third kappa shape index (κ3) is 2.18. The zero-order valence-corrected chi connectivity index (χ0v) is 20.5. The smallest absolute Gasteiger partial charge is 0.0764 e. The maximum Gasteiger partial charge on any atom is 0.0764 e. The zero-order valence-electron chi connectivity index (χ0n) is 18.1. The van der Waals surface area contributed by atoms with Crippen LogP contribution in [0.2, 0.25) is 0 Å². The van der Waals surface area contributed by atoms with Crippen molar-refractivity contribution in [3.63, 3.8) is 0 Å². The highest BCUT2D eigenvalue weighted by Gasteiger charge is 2.49. The predicted molar refractivity (Wildman–Crippen MR) is 144 cm³/mol. The maximum absolute atomic E-state index is 3.74. The first-order chi connectivity index (χ1) is 16.8. The van der Waals surface area contributed by atoms with Gasteiger partial charge in [-0.2, -0.15) is 0 Å². The van der Waals surface area contributed by atoms with Gasteiger partial charge in [-0.1, -0.05) is 107 Å². The molecule has 1 nitrogen and oxygen atoms in total. The fourth-order valence-electron chi connectivity index (χ4n) is 6.30. The Morgan fingerprint density at radius 1 is 0.588 bits per heavy atom. The van der Waals surface area contributed by atoms with Crippen LogP contribution in [0.25, 0.3) is 27.5 Å². The van der Waals surface area contributed by atoms with Gasteiger partial charge in [-0.05, 0) is 52.6 Å². The van der Waals surface area contributed by atoms with E-state index >= 15 is 0 Å². The van der Waals surface area contributed by atoms with E-state index in [1.807, 2.05) is 11.8 Å². The van der Waals surface area contributed by atoms with Crippen LogP contribution in [0.1, 0.15) is 22.3 Å². The van der Waals surface area contributed by atoms with Gasteiger partial charge in [0.25, 0.3) is 0 Å². The quantitative estimate of drug-likeness (QED) is 0.195. The zero-order chi connectivity index (χ0) is 22.4. The highest BCUT2D eigenvalue weighted by molar-refractivity contribution is 9.10. The molecule has 34 heavy (non-hydrogen) atoms. The molecule has 5 aromatic carbocycles. The van der Waals surface area contributed by atoms with E-state index in [1.54, 1.807) is 0 Å². The van der Waals surface area contributed by atoms with E-state index in [1.165, 1.54) is 59.5 Å². The monoisotopic (exact) mass is 515 g/mol. The number of fused-ring (bicyclic) bond motifs is 11. The summed E-state index contributed by atoms with van der Waals surface area (Å²) in [5.41, 5.74) is 8.90. The second-order valence-corrected chi connectivity index (χ2v) is 11.1. The molecule has 2 aliphatic heterocycles. The minimum atomic E-state index is -0.377. The summed E-state index contributed by atoms with van der Waals surface area (Å²) < 4.78 is 3.61. The molecule has 3 heterocycles. The number of para-hydroxylation sites is 3. The molecule has 160 valence electrons. The molecule has 0 saturated heterocycles. The van der Waals surface area contributed by atoms with Gasteiger partial charge in [0.2, 0.25) is 0 Å². The standard InChI is InChI=1S/C31H18BrNS/c32-19-16-17-24-29(18-19)34-28-15-6-3-11-23(28)31(24)22-10-2-5-14-27(22)33-26-13-4-1-8-20(26)21-9-7-12-25(31)30(21)33/h1-18H. The SMILES string of the molecule is Brc1ccc2c(c1)Sc1ccccc1C21c2ccccc2-n2c3ccccc3c3cccc1c32. The lowest BCUT2D eigenvalue weighted by Crippen LogP contribution is -2.37. The molecule has 6 aromatic rings. The van der Waals surface area contributed by atoms with Crippen molar-refractivity contribution in [2.75, 3.05) is 0 Å². The molecule has 1 unspecified atom stereocenters. The Kier molecular flexibility index (Phi) is 3.73. The molecule has 2 aliphatic rings. The Balaban J connectivity index is 1.68. The minimum absolute atomic E-state index is 0.377. The van der Waals surface area contributed by atoms with Crippen LogP contribution in [-0.2, 0) is 5.41 Å². The summed E-state index contributed by atoms with van der Waals surface area (Å²) in [6.45, 7) is 0. The summed E-state index contributed by atoms with van der Waals surface area (Å²) in [5, 5.41) is 2.62. The number of hydrogen-bond acceptors (Lipinski definition) is 1. The average molecular weight is 516 g/mol. The lowest BCUT2D eigenvalue weighted by molar-refractivity contribution is 0.689. The number of nitrogens with zero attached hydrogens (tertiary/aromatic N) is 1. The molecule has 1 aromatic heterocycles. The summed E-state index contributed by atoms with van der Waals surface area (Å²) >= 11 is 5.61. The van der Waals surface area contributed by atoms with Gasteiger partial charge in [-0.25, -0.2) is 0 Å². The third-order valence-electron chi connectivity index (χ3n) is 7.51. The van der Waals surface area contributed by atoms with Crippen molar-refractivity contribution in [2.45, 2.75) is 15.2 Å². The lowest BCUT2D eigenvalue weighted by atomic mass is 9.63. The molecule has 0 amide bonds. The molecule has 0 fully saturated rings. The van der Waals surface area contributed by atoms with Gasteiger partial charge in [0.1, 0.15) is 0 Å². The minimum Gasteiger partial charge on any atom is -0.309 e. The number of benzene rings is 5. The largest absolute Gasteiger partial charge is 0.309 e. The van der Waals surface area contributed by atoms with Gasteiger partial charge in [0.05, 0.1) is 22.1 Å². The fraction of sp³-hybridized carbons (Fsp3) is 0.0323. The van der Waals surface area contributed by atoms with E-state index in [-0.39, 0.29) is 5.41 Å². The molecular weight excluding hydrogens is 498 g/mol. The highest BCUT2D eigenvalue weighted by atomic mass is 79.9. The van der Waals surface area contributed by atoms with E-state index in [9.17, 15) is 0 Å². The van der Waals surface area contributed by atoms with Crippen LogP contribution < -0.4 is 0 Å². The van der Waals surface area contributed by atoms with Crippen LogP contribution in [0.15, 0.2) is 123 Å². The molecule has 1 spiro atoms. The van der Waals surface area contributed by atoms with Gasteiger partial charge in [0.15, 0.2) is 0 Å². The molecule has 1 atom stereocenters. The highest BCUT2D eigenvalue weighted by Crippen LogP contribution is 2.60.